The zero-order valence-corrected chi connectivity index (χ0v) is 12.4. The van der Waals surface area contributed by atoms with Crippen LogP contribution in [0.3, 0.4) is 0 Å². The number of hydrogen-bond donors (Lipinski definition) is 1. The summed E-state index contributed by atoms with van der Waals surface area (Å²) in [5.41, 5.74) is 6.20. The summed E-state index contributed by atoms with van der Waals surface area (Å²) in [6.45, 7) is 7.72. The molecule has 0 radical (unpaired) electrons. The van der Waals surface area contributed by atoms with E-state index in [0.717, 1.165) is 6.04 Å². The van der Waals surface area contributed by atoms with Crippen molar-refractivity contribution in [3.8, 4) is 0 Å². The molecule has 0 spiro atoms. The van der Waals surface area contributed by atoms with Crippen molar-refractivity contribution in [1.82, 2.24) is 9.78 Å². The summed E-state index contributed by atoms with van der Waals surface area (Å²) in [5.74, 6) is -0.501. The van der Waals surface area contributed by atoms with E-state index in [4.69, 9.17) is 10.5 Å². The highest BCUT2D eigenvalue weighted by molar-refractivity contribution is 6.76. The van der Waals surface area contributed by atoms with E-state index in [1.807, 2.05) is 0 Å². The van der Waals surface area contributed by atoms with Gasteiger partial charge in [-0.25, -0.2) is 9.48 Å². The molecule has 1 rings (SSSR count). The molecule has 6 nitrogen and oxygen atoms in total. The monoisotopic (exact) mass is 271 g/mol. The first-order valence-electron chi connectivity index (χ1n) is 5.82. The number of ether oxygens (including phenoxy) is 2. The van der Waals surface area contributed by atoms with Crippen molar-refractivity contribution >= 4 is 19.7 Å². The van der Waals surface area contributed by atoms with Gasteiger partial charge in [-0.1, -0.05) is 19.6 Å². The van der Waals surface area contributed by atoms with Crippen LogP contribution >= 0.6 is 0 Å². The Morgan fingerprint density at radius 2 is 2.17 bits per heavy atom. The van der Waals surface area contributed by atoms with Crippen LogP contribution in [0.25, 0.3) is 0 Å². The normalized spacial score (nSPS) is 11.6. The molecule has 0 atom stereocenters. The second-order valence-corrected chi connectivity index (χ2v) is 10.9. The zero-order valence-electron chi connectivity index (χ0n) is 11.4. The van der Waals surface area contributed by atoms with Crippen LogP contribution in [0.4, 0.5) is 5.69 Å². The number of carbonyl (C=O) groups excluding carboxylic acids is 1. The third-order valence-corrected chi connectivity index (χ3v) is 4.16. The van der Waals surface area contributed by atoms with Gasteiger partial charge in [-0.2, -0.15) is 5.10 Å². The predicted molar refractivity (Wildman–Crippen MR) is 72.1 cm³/mol. The number of esters is 1. The van der Waals surface area contributed by atoms with E-state index < -0.39 is 14.0 Å². The van der Waals surface area contributed by atoms with Crippen molar-refractivity contribution in [3.63, 3.8) is 0 Å². The highest BCUT2D eigenvalue weighted by atomic mass is 28.3. The molecule has 0 fully saturated rings. The Morgan fingerprint density at radius 1 is 1.50 bits per heavy atom. The third-order valence-electron chi connectivity index (χ3n) is 2.46. The van der Waals surface area contributed by atoms with Gasteiger partial charge in [0.15, 0.2) is 5.69 Å². The van der Waals surface area contributed by atoms with Crippen molar-refractivity contribution in [3.05, 3.63) is 11.9 Å². The van der Waals surface area contributed by atoms with Crippen LogP contribution in [0.15, 0.2) is 6.20 Å². The first-order valence-corrected chi connectivity index (χ1v) is 9.53. The third kappa shape index (κ3) is 4.15. The molecule has 0 bridgehead atoms. The van der Waals surface area contributed by atoms with Crippen LogP contribution in [0.1, 0.15) is 10.5 Å². The standard InChI is InChI=1S/C11H21N3O3Si/c1-16-11(15)10-9(12)7-13-14(10)8-17-5-6-18(2,3)4/h7H,5-6,8,12H2,1-4H3. The lowest BCUT2D eigenvalue weighted by Crippen LogP contribution is -2.22. The van der Waals surface area contributed by atoms with Crippen molar-refractivity contribution < 1.29 is 14.3 Å². The van der Waals surface area contributed by atoms with E-state index in [9.17, 15) is 4.79 Å². The van der Waals surface area contributed by atoms with Crippen molar-refractivity contribution in [1.29, 1.82) is 0 Å². The molecule has 7 heteroatoms. The number of carbonyl (C=O) groups is 1. The van der Waals surface area contributed by atoms with E-state index in [2.05, 4.69) is 29.5 Å². The average molecular weight is 271 g/mol. The van der Waals surface area contributed by atoms with E-state index in [1.54, 1.807) is 0 Å². The van der Waals surface area contributed by atoms with Crippen molar-refractivity contribution in [2.24, 2.45) is 0 Å². The molecule has 102 valence electrons. The summed E-state index contributed by atoms with van der Waals surface area (Å²) in [6.07, 6.45) is 1.42. The molecule has 2 N–H and O–H groups in total. The number of nitrogens with zero attached hydrogens (tertiary/aromatic N) is 2. The first kappa shape index (κ1) is 14.7. The largest absolute Gasteiger partial charge is 0.464 e. The molecular weight excluding hydrogens is 250 g/mol. The SMILES string of the molecule is COC(=O)c1c(N)cnn1COCC[Si](C)(C)C. The lowest BCUT2D eigenvalue weighted by molar-refractivity contribution is 0.0519. The summed E-state index contributed by atoms with van der Waals surface area (Å²) in [6, 6.07) is 1.07. The van der Waals surface area contributed by atoms with Crippen LogP contribution in [0.5, 0.6) is 0 Å². The number of methoxy groups -OCH3 is 1. The van der Waals surface area contributed by atoms with Gasteiger partial charge in [-0.15, -0.1) is 0 Å². The molecule has 0 unspecified atom stereocenters. The zero-order chi connectivity index (χ0) is 13.8. The lowest BCUT2D eigenvalue weighted by atomic mass is 10.4. The molecule has 0 saturated carbocycles. The average Bonchev–Trinajstić information content (AvgIpc) is 2.64. The number of nitrogens with two attached hydrogens (primary N) is 1. The Bertz CT molecular complexity index is 412. The van der Waals surface area contributed by atoms with Gasteiger partial charge in [-0.3, -0.25) is 0 Å². The number of hydrogen-bond acceptors (Lipinski definition) is 5. The molecule has 0 aliphatic rings. The highest BCUT2D eigenvalue weighted by Crippen LogP contribution is 2.13. The van der Waals surface area contributed by atoms with E-state index in [0.29, 0.717) is 12.3 Å². The highest BCUT2D eigenvalue weighted by Gasteiger charge is 2.18. The maximum atomic E-state index is 11.5. The number of rotatable bonds is 6. The maximum absolute atomic E-state index is 11.5. The fourth-order valence-electron chi connectivity index (χ4n) is 1.35. The van der Waals surface area contributed by atoms with Gasteiger partial charge in [0.25, 0.3) is 0 Å². The molecule has 0 amide bonds. The second kappa shape index (κ2) is 6.01. The molecule has 0 aliphatic heterocycles. The fraction of sp³-hybridized carbons (Fsp3) is 0.636. The Kier molecular flexibility index (Phi) is 4.91. The smallest absolute Gasteiger partial charge is 0.358 e. The van der Waals surface area contributed by atoms with E-state index in [1.165, 1.54) is 18.0 Å². The van der Waals surface area contributed by atoms with Crippen LogP contribution in [0.2, 0.25) is 25.7 Å². The fourth-order valence-corrected chi connectivity index (χ4v) is 2.10. The molecule has 1 aromatic heterocycles. The molecule has 0 saturated heterocycles. The number of nitrogen functional groups attached to an aromatic ring is 1. The molecule has 1 heterocycles. The Morgan fingerprint density at radius 3 is 2.72 bits per heavy atom. The van der Waals surface area contributed by atoms with Gasteiger partial charge in [0.05, 0.1) is 19.0 Å². The lowest BCUT2D eigenvalue weighted by Gasteiger charge is -2.15. The van der Waals surface area contributed by atoms with Crippen LogP contribution < -0.4 is 5.73 Å². The Balaban J connectivity index is 2.55. The molecule has 0 aliphatic carbocycles. The van der Waals surface area contributed by atoms with Crippen molar-refractivity contribution in [2.75, 3.05) is 19.5 Å². The summed E-state index contributed by atoms with van der Waals surface area (Å²) in [7, 11) is 0.207. The quantitative estimate of drug-likeness (QED) is 0.482. The Labute approximate surface area is 108 Å². The van der Waals surface area contributed by atoms with Crippen LogP contribution in [-0.4, -0.2) is 37.5 Å². The minimum atomic E-state index is -1.10. The van der Waals surface area contributed by atoms with Gasteiger partial charge in [0, 0.05) is 14.7 Å². The van der Waals surface area contributed by atoms with E-state index in [-0.39, 0.29) is 12.4 Å². The van der Waals surface area contributed by atoms with Gasteiger partial charge in [-0.05, 0) is 6.04 Å². The maximum Gasteiger partial charge on any atom is 0.358 e. The predicted octanol–water partition coefficient (Wildman–Crippen LogP) is 1.56. The van der Waals surface area contributed by atoms with Crippen LogP contribution in [-0.2, 0) is 16.2 Å². The van der Waals surface area contributed by atoms with Gasteiger partial charge >= 0.3 is 5.97 Å². The minimum Gasteiger partial charge on any atom is -0.464 e. The molecular formula is C11H21N3O3Si. The van der Waals surface area contributed by atoms with Crippen molar-refractivity contribution in [2.45, 2.75) is 32.4 Å². The van der Waals surface area contributed by atoms with Gasteiger partial charge < -0.3 is 15.2 Å². The molecule has 1 aromatic rings. The molecule has 18 heavy (non-hydrogen) atoms. The topological polar surface area (TPSA) is 79.4 Å². The number of anilines is 1. The summed E-state index contributed by atoms with van der Waals surface area (Å²) in [5, 5.41) is 4.00. The molecule has 0 aromatic carbocycles. The van der Waals surface area contributed by atoms with Crippen LogP contribution in [0, 0.1) is 0 Å². The first-order chi connectivity index (χ1) is 8.35. The van der Waals surface area contributed by atoms with Gasteiger partial charge in [0.2, 0.25) is 0 Å². The number of aromatic nitrogens is 2. The summed E-state index contributed by atoms with van der Waals surface area (Å²) >= 11 is 0. The van der Waals surface area contributed by atoms with Gasteiger partial charge in [0.1, 0.15) is 6.73 Å². The summed E-state index contributed by atoms with van der Waals surface area (Å²) < 4.78 is 11.6. The minimum absolute atomic E-state index is 0.214. The second-order valence-electron chi connectivity index (χ2n) is 5.29. The van der Waals surface area contributed by atoms with E-state index >= 15 is 0 Å². The Hall–Kier alpha value is -1.34. The summed E-state index contributed by atoms with van der Waals surface area (Å²) in [4.78, 5) is 11.5.